The largest absolute Gasteiger partial charge is 0.480 e. The van der Waals surface area contributed by atoms with Crippen LogP contribution in [0.25, 0.3) is 0 Å². The number of hydrogen-bond donors (Lipinski definition) is 1. The van der Waals surface area contributed by atoms with Crippen LogP contribution in [0.2, 0.25) is 0 Å². The molecule has 110 valence electrons. The average molecular weight is 303 g/mol. The van der Waals surface area contributed by atoms with Crippen LogP contribution in [0.1, 0.15) is 6.42 Å². The van der Waals surface area contributed by atoms with Crippen molar-refractivity contribution in [3.05, 3.63) is 30.1 Å². The Morgan fingerprint density at radius 1 is 1.50 bits per heavy atom. The molecule has 1 saturated heterocycles. The second-order valence-electron chi connectivity index (χ2n) is 4.48. The number of hydrogen-bond acceptors (Lipinski definition) is 4. The quantitative estimate of drug-likeness (QED) is 0.884. The van der Waals surface area contributed by atoms with Crippen molar-refractivity contribution in [1.82, 2.24) is 4.31 Å². The Hall–Kier alpha value is -1.51. The maximum absolute atomic E-state index is 13.2. The zero-order valence-electron chi connectivity index (χ0n) is 10.7. The van der Waals surface area contributed by atoms with Gasteiger partial charge in [-0.1, -0.05) is 6.07 Å². The SMILES string of the molecule is COC1CC(C(=O)O)N(S(=O)(=O)c2cccc(F)c2)C1. The molecule has 0 amide bonds. The molecule has 6 nitrogen and oxygen atoms in total. The third-order valence-corrected chi connectivity index (χ3v) is 5.11. The lowest BCUT2D eigenvalue weighted by Crippen LogP contribution is -2.40. The van der Waals surface area contributed by atoms with E-state index in [9.17, 15) is 17.6 Å². The lowest BCUT2D eigenvalue weighted by atomic mass is 10.2. The number of carbonyl (C=O) groups is 1. The molecule has 0 saturated carbocycles. The molecular weight excluding hydrogens is 289 g/mol. The Kier molecular flexibility index (Phi) is 4.07. The molecule has 2 rings (SSSR count). The Morgan fingerprint density at radius 2 is 2.20 bits per heavy atom. The van der Waals surface area contributed by atoms with E-state index >= 15 is 0 Å². The highest BCUT2D eigenvalue weighted by atomic mass is 32.2. The van der Waals surface area contributed by atoms with Gasteiger partial charge in [0.2, 0.25) is 10.0 Å². The third kappa shape index (κ3) is 2.67. The van der Waals surface area contributed by atoms with E-state index in [1.165, 1.54) is 19.2 Å². The summed E-state index contributed by atoms with van der Waals surface area (Å²) in [6.07, 6.45) is -0.417. The molecular formula is C12H14FNO5S. The molecule has 1 aliphatic heterocycles. The smallest absolute Gasteiger partial charge is 0.322 e. The van der Waals surface area contributed by atoms with Crippen LogP contribution in [0, 0.1) is 5.82 Å². The number of aliphatic carboxylic acids is 1. The van der Waals surface area contributed by atoms with Crippen LogP contribution in [0.3, 0.4) is 0 Å². The van der Waals surface area contributed by atoms with Crippen LogP contribution >= 0.6 is 0 Å². The number of carboxylic acid groups (broad SMARTS) is 1. The maximum atomic E-state index is 13.2. The van der Waals surface area contributed by atoms with E-state index in [4.69, 9.17) is 9.84 Å². The minimum Gasteiger partial charge on any atom is -0.480 e. The molecule has 20 heavy (non-hydrogen) atoms. The van der Waals surface area contributed by atoms with Gasteiger partial charge in [-0.15, -0.1) is 0 Å². The first-order valence-electron chi connectivity index (χ1n) is 5.89. The van der Waals surface area contributed by atoms with Gasteiger partial charge in [-0.05, 0) is 18.2 Å². The second kappa shape index (κ2) is 5.47. The van der Waals surface area contributed by atoms with E-state index in [0.29, 0.717) is 0 Å². The van der Waals surface area contributed by atoms with E-state index in [0.717, 1.165) is 16.4 Å². The number of carboxylic acids is 1. The van der Waals surface area contributed by atoms with Crippen molar-refractivity contribution in [2.24, 2.45) is 0 Å². The predicted octanol–water partition coefficient (Wildman–Crippen LogP) is 0.688. The number of halogens is 1. The first-order chi connectivity index (χ1) is 9.36. The minimum atomic E-state index is -4.07. The Balaban J connectivity index is 2.39. The van der Waals surface area contributed by atoms with Crippen molar-refractivity contribution in [3.63, 3.8) is 0 Å². The molecule has 0 bridgehead atoms. The van der Waals surface area contributed by atoms with Crippen LogP contribution < -0.4 is 0 Å². The van der Waals surface area contributed by atoms with Gasteiger partial charge in [0.1, 0.15) is 11.9 Å². The number of rotatable bonds is 4. The number of nitrogens with zero attached hydrogens (tertiary/aromatic N) is 1. The summed E-state index contributed by atoms with van der Waals surface area (Å²) in [5, 5.41) is 9.13. The predicted molar refractivity (Wildman–Crippen MR) is 67.1 cm³/mol. The summed E-state index contributed by atoms with van der Waals surface area (Å²) >= 11 is 0. The van der Waals surface area contributed by atoms with Crippen molar-refractivity contribution in [2.45, 2.75) is 23.5 Å². The van der Waals surface area contributed by atoms with Gasteiger partial charge in [-0.3, -0.25) is 4.79 Å². The molecule has 8 heteroatoms. The summed E-state index contributed by atoms with van der Waals surface area (Å²) in [4.78, 5) is 10.9. The maximum Gasteiger partial charge on any atom is 0.322 e. The Bertz CT molecular complexity index is 618. The number of ether oxygens (including phenoxy) is 1. The van der Waals surface area contributed by atoms with Crippen LogP contribution in [0.5, 0.6) is 0 Å². The van der Waals surface area contributed by atoms with Crippen molar-refractivity contribution < 1.29 is 27.4 Å². The molecule has 1 N–H and O–H groups in total. The van der Waals surface area contributed by atoms with Gasteiger partial charge in [0.05, 0.1) is 11.0 Å². The highest BCUT2D eigenvalue weighted by Gasteiger charge is 2.44. The number of methoxy groups -OCH3 is 1. The van der Waals surface area contributed by atoms with Gasteiger partial charge in [-0.25, -0.2) is 12.8 Å². The summed E-state index contributed by atoms with van der Waals surface area (Å²) in [6, 6.07) is 3.29. The van der Waals surface area contributed by atoms with Gasteiger partial charge in [0.25, 0.3) is 0 Å². The zero-order valence-corrected chi connectivity index (χ0v) is 11.5. The standard InChI is InChI=1S/C12H14FNO5S/c1-19-9-6-11(12(15)16)14(7-9)20(17,18)10-4-2-3-8(13)5-10/h2-5,9,11H,6-7H2,1H3,(H,15,16). The van der Waals surface area contributed by atoms with Crippen LogP contribution in [0.15, 0.2) is 29.2 Å². The zero-order chi connectivity index (χ0) is 14.9. The summed E-state index contributed by atoms with van der Waals surface area (Å²) in [7, 11) is -2.68. The number of sulfonamides is 1. The normalized spacial score (nSPS) is 23.9. The fourth-order valence-corrected chi connectivity index (χ4v) is 3.85. The monoisotopic (exact) mass is 303 g/mol. The van der Waals surface area contributed by atoms with E-state index in [1.54, 1.807) is 0 Å². The molecule has 1 fully saturated rings. The fraction of sp³-hybridized carbons (Fsp3) is 0.417. The molecule has 2 atom stereocenters. The Morgan fingerprint density at radius 3 is 2.75 bits per heavy atom. The van der Waals surface area contributed by atoms with Gasteiger partial charge < -0.3 is 9.84 Å². The summed E-state index contributed by atoms with van der Waals surface area (Å²) in [5.74, 6) is -1.94. The Labute approximate surface area is 115 Å². The molecule has 0 aromatic heterocycles. The summed E-state index contributed by atoms with van der Waals surface area (Å²) in [5.41, 5.74) is 0. The lowest BCUT2D eigenvalue weighted by Gasteiger charge is -2.20. The van der Waals surface area contributed by atoms with Gasteiger partial charge in [-0.2, -0.15) is 4.31 Å². The average Bonchev–Trinajstić information content (AvgIpc) is 2.83. The molecule has 0 aliphatic carbocycles. The molecule has 1 aliphatic rings. The topological polar surface area (TPSA) is 83.9 Å². The van der Waals surface area contributed by atoms with Crippen molar-refractivity contribution in [2.75, 3.05) is 13.7 Å². The minimum absolute atomic E-state index is 0.0632. The van der Waals surface area contributed by atoms with Gasteiger partial charge >= 0.3 is 5.97 Å². The number of benzene rings is 1. The molecule has 1 aromatic carbocycles. The second-order valence-corrected chi connectivity index (χ2v) is 6.37. The summed E-state index contributed by atoms with van der Waals surface area (Å²) in [6.45, 7) is -0.0632. The summed E-state index contributed by atoms with van der Waals surface area (Å²) < 4.78 is 43.8. The highest BCUT2D eigenvalue weighted by Crippen LogP contribution is 2.28. The van der Waals surface area contributed by atoms with E-state index < -0.39 is 34.0 Å². The highest BCUT2D eigenvalue weighted by molar-refractivity contribution is 7.89. The van der Waals surface area contributed by atoms with E-state index in [1.807, 2.05) is 0 Å². The first kappa shape index (κ1) is 14.9. The van der Waals surface area contributed by atoms with Crippen LogP contribution in [0.4, 0.5) is 4.39 Å². The fourth-order valence-electron chi connectivity index (χ4n) is 2.19. The van der Waals surface area contributed by atoms with Crippen molar-refractivity contribution in [3.8, 4) is 0 Å². The third-order valence-electron chi connectivity index (χ3n) is 3.24. The van der Waals surface area contributed by atoms with Crippen molar-refractivity contribution >= 4 is 16.0 Å². The lowest BCUT2D eigenvalue weighted by molar-refractivity contribution is -0.140. The molecule has 1 aromatic rings. The van der Waals surface area contributed by atoms with E-state index in [2.05, 4.69) is 0 Å². The van der Waals surface area contributed by atoms with Gasteiger partial charge in [0, 0.05) is 20.1 Å². The molecule has 0 radical (unpaired) electrons. The van der Waals surface area contributed by atoms with Crippen molar-refractivity contribution in [1.29, 1.82) is 0 Å². The van der Waals surface area contributed by atoms with E-state index in [-0.39, 0.29) is 17.9 Å². The molecule has 0 spiro atoms. The van der Waals surface area contributed by atoms with Crippen LogP contribution in [-0.4, -0.2) is 49.6 Å². The van der Waals surface area contributed by atoms with Crippen LogP contribution in [-0.2, 0) is 19.6 Å². The van der Waals surface area contributed by atoms with Gasteiger partial charge in [0.15, 0.2) is 0 Å². The molecule has 2 unspecified atom stereocenters. The molecule has 1 heterocycles. The first-order valence-corrected chi connectivity index (χ1v) is 7.33.